The number of nitrogens with one attached hydrogen (secondary N) is 3. The molecule has 0 radical (unpaired) electrons. The summed E-state index contributed by atoms with van der Waals surface area (Å²) in [5, 5.41) is 3.62. The molecule has 4 rings (SSSR count). The lowest BCUT2D eigenvalue weighted by Gasteiger charge is -2.08. The number of H-pyrrole nitrogens is 1. The molecule has 0 saturated carbocycles. The number of fused-ring (bicyclic) bond motifs is 1. The van der Waals surface area contributed by atoms with Gasteiger partial charge in [0, 0.05) is 16.6 Å². The second-order valence-corrected chi connectivity index (χ2v) is 8.27. The number of carbonyl (C=O) groups excluding carboxylic acids is 1. The maximum atomic E-state index is 12.6. The Morgan fingerprint density at radius 3 is 2.83 bits per heavy atom. The summed E-state index contributed by atoms with van der Waals surface area (Å²) in [5.74, 6) is 0.0619. The molecule has 0 aliphatic carbocycles. The lowest BCUT2D eigenvalue weighted by Crippen LogP contribution is -2.23. The average Bonchev–Trinajstić information content (AvgIpc) is 3.35. The second-order valence-electron chi connectivity index (χ2n) is 6.50. The van der Waals surface area contributed by atoms with Crippen LogP contribution in [0.1, 0.15) is 21.8 Å². The van der Waals surface area contributed by atoms with E-state index in [0.29, 0.717) is 11.4 Å². The van der Waals surface area contributed by atoms with Gasteiger partial charge in [-0.05, 0) is 49.4 Å². The molecule has 0 aliphatic rings. The Kier molecular flexibility index (Phi) is 4.91. The van der Waals surface area contributed by atoms with Gasteiger partial charge in [0.2, 0.25) is 10.0 Å². The third-order valence-corrected chi connectivity index (χ3v) is 5.68. The topological polar surface area (TPSA) is 117 Å². The molecule has 0 unspecified atom stereocenters. The molecular weight excluding hydrogens is 392 g/mol. The number of nitrogens with zero attached hydrogens (tertiary/aromatic N) is 1. The highest BCUT2D eigenvalue weighted by molar-refractivity contribution is 7.89. The van der Waals surface area contributed by atoms with Gasteiger partial charge < -0.3 is 14.7 Å². The van der Waals surface area contributed by atoms with E-state index in [1.165, 1.54) is 24.5 Å². The SMILES string of the molecule is Cc1cc2cc(NC(=O)c3cccc(S(=O)(=O)NCc4ccco4)c3)cnc2[nH]1. The highest BCUT2D eigenvalue weighted by Crippen LogP contribution is 2.19. The number of aromatic nitrogens is 2. The summed E-state index contributed by atoms with van der Waals surface area (Å²) in [4.78, 5) is 20.0. The molecule has 0 spiro atoms. The molecule has 0 atom stereocenters. The van der Waals surface area contributed by atoms with Gasteiger partial charge in [0.25, 0.3) is 5.91 Å². The van der Waals surface area contributed by atoms with E-state index in [9.17, 15) is 13.2 Å². The zero-order valence-electron chi connectivity index (χ0n) is 15.5. The molecule has 1 amide bonds. The Bertz CT molecular complexity index is 1280. The minimum Gasteiger partial charge on any atom is -0.468 e. The van der Waals surface area contributed by atoms with Gasteiger partial charge in [-0.25, -0.2) is 18.1 Å². The number of benzene rings is 1. The van der Waals surface area contributed by atoms with Crippen LogP contribution >= 0.6 is 0 Å². The lowest BCUT2D eigenvalue weighted by molar-refractivity contribution is 0.102. The first-order chi connectivity index (χ1) is 13.9. The monoisotopic (exact) mass is 410 g/mol. The summed E-state index contributed by atoms with van der Waals surface area (Å²) in [6, 6.07) is 12.9. The molecular formula is C20H18N4O4S. The van der Waals surface area contributed by atoms with E-state index in [-0.39, 0.29) is 17.0 Å². The van der Waals surface area contributed by atoms with Crippen molar-refractivity contribution in [2.75, 3.05) is 5.32 Å². The fraction of sp³-hybridized carbons (Fsp3) is 0.100. The molecule has 4 aromatic rings. The van der Waals surface area contributed by atoms with Gasteiger partial charge in [0.1, 0.15) is 11.4 Å². The largest absolute Gasteiger partial charge is 0.468 e. The number of amides is 1. The zero-order valence-corrected chi connectivity index (χ0v) is 16.3. The summed E-state index contributed by atoms with van der Waals surface area (Å²) in [7, 11) is -3.80. The summed E-state index contributed by atoms with van der Waals surface area (Å²) >= 11 is 0. The molecule has 0 fully saturated rings. The van der Waals surface area contributed by atoms with Gasteiger partial charge in [-0.2, -0.15) is 0 Å². The number of aryl methyl sites for hydroxylation is 1. The van der Waals surface area contributed by atoms with Crippen LogP contribution in [0.15, 0.2) is 70.3 Å². The van der Waals surface area contributed by atoms with Crippen molar-refractivity contribution in [3.63, 3.8) is 0 Å². The summed E-state index contributed by atoms with van der Waals surface area (Å²) in [6.07, 6.45) is 3.01. The quantitative estimate of drug-likeness (QED) is 0.451. The Morgan fingerprint density at radius 1 is 1.17 bits per heavy atom. The number of carbonyl (C=O) groups is 1. The van der Waals surface area contributed by atoms with Gasteiger partial charge in [0.05, 0.1) is 29.6 Å². The van der Waals surface area contributed by atoms with Crippen LogP contribution in [0, 0.1) is 6.92 Å². The van der Waals surface area contributed by atoms with Crippen LogP contribution in [0.3, 0.4) is 0 Å². The van der Waals surface area contributed by atoms with Gasteiger partial charge >= 0.3 is 0 Å². The van der Waals surface area contributed by atoms with E-state index in [1.54, 1.807) is 30.5 Å². The molecule has 0 aliphatic heterocycles. The molecule has 1 aromatic carbocycles. The molecule has 29 heavy (non-hydrogen) atoms. The Labute approximate surface area is 167 Å². The molecule has 9 heteroatoms. The maximum Gasteiger partial charge on any atom is 0.255 e. The number of sulfonamides is 1. The maximum absolute atomic E-state index is 12.6. The van der Waals surface area contributed by atoms with Crippen molar-refractivity contribution in [3.05, 3.63) is 78.0 Å². The first-order valence-electron chi connectivity index (χ1n) is 8.79. The molecule has 3 N–H and O–H groups in total. The average molecular weight is 410 g/mol. The van der Waals surface area contributed by atoms with E-state index in [1.807, 2.05) is 13.0 Å². The predicted molar refractivity (Wildman–Crippen MR) is 108 cm³/mol. The van der Waals surface area contributed by atoms with E-state index in [4.69, 9.17) is 4.42 Å². The van der Waals surface area contributed by atoms with Crippen LogP contribution in [-0.4, -0.2) is 24.3 Å². The van der Waals surface area contributed by atoms with Crippen molar-refractivity contribution >= 4 is 32.7 Å². The smallest absolute Gasteiger partial charge is 0.255 e. The van der Waals surface area contributed by atoms with Crippen molar-refractivity contribution in [1.82, 2.24) is 14.7 Å². The van der Waals surface area contributed by atoms with Crippen LogP contribution in [0.2, 0.25) is 0 Å². The van der Waals surface area contributed by atoms with E-state index in [2.05, 4.69) is 20.0 Å². The molecule has 148 valence electrons. The van der Waals surface area contributed by atoms with Gasteiger partial charge in [-0.15, -0.1) is 0 Å². The van der Waals surface area contributed by atoms with E-state index in [0.717, 1.165) is 16.7 Å². The highest BCUT2D eigenvalue weighted by Gasteiger charge is 2.17. The number of aromatic amines is 1. The van der Waals surface area contributed by atoms with Crippen molar-refractivity contribution in [3.8, 4) is 0 Å². The Balaban J connectivity index is 1.51. The summed E-state index contributed by atoms with van der Waals surface area (Å²) in [5.41, 5.74) is 2.44. The fourth-order valence-electron chi connectivity index (χ4n) is 2.89. The number of anilines is 1. The number of hydrogen-bond acceptors (Lipinski definition) is 5. The fourth-order valence-corrected chi connectivity index (χ4v) is 3.93. The third kappa shape index (κ3) is 4.20. The Hall–Kier alpha value is -3.43. The zero-order chi connectivity index (χ0) is 20.4. The van der Waals surface area contributed by atoms with E-state index >= 15 is 0 Å². The van der Waals surface area contributed by atoms with Crippen molar-refractivity contribution in [2.24, 2.45) is 0 Å². The molecule has 8 nitrogen and oxygen atoms in total. The van der Waals surface area contributed by atoms with Crippen molar-refractivity contribution in [1.29, 1.82) is 0 Å². The Morgan fingerprint density at radius 2 is 2.03 bits per heavy atom. The predicted octanol–water partition coefficient (Wildman–Crippen LogP) is 3.20. The molecule has 3 aromatic heterocycles. The highest BCUT2D eigenvalue weighted by atomic mass is 32.2. The van der Waals surface area contributed by atoms with Gasteiger partial charge in [0.15, 0.2) is 0 Å². The standard InChI is InChI=1S/C20H18N4O4S/c1-13-8-15-9-16(11-21-19(15)23-13)24-20(25)14-4-2-6-18(10-14)29(26,27)22-12-17-5-3-7-28-17/h2-11,22H,12H2,1H3,(H,21,23)(H,24,25). The number of hydrogen-bond donors (Lipinski definition) is 3. The minimum atomic E-state index is -3.80. The van der Waals surface area contributed by atoms with Gasteiger partial charge in [-0.3, -0.25) is 4.79 Å². The first-order valence-corrected chi connectivity index (χ1v) is 10.3. The first kappa shape index (κ1) is 18.9. The molecule has 3 heterocycles. The van der Waals surface area contributed by atoms with Crippen LogP contribution in [-0.2, 0) is 16.6 Å². The van der Waals surface area contributed by atoms with Crippen LogP contribution < -0.4 is 10.0 Å². The molecule has 0 saturated heterocycles. The third-order valence-electron chi connectivity index (χ3n) is 4.29. The van der Waals surface area contributed by atoms with Gasteiger partial charge in [-0.1, -0.05) is 6.07 Å². The van der Waals surface area contributed by atoms with Crippen LogP contribution in [0.4, 0.5) is 5.69 Å². The second kappa shape index (κ2) is 7.53. The lowest BCUT2D eigenvalue weighted by atomic mass is 10.2. The van der Waals surface area contributed by atoms with Crippen LogP contribution in [0.25, 0.3) is 11.0 Å². The number of rotatable bonds is 6. The normalized spacial score (nSPS) is 11.6. The minimum absolute atomic E-state index is 0.00783. The van der Waals surface area contributed by atoms with Crippen molar-refractivity contribution in [2.45, 2.75) is 18.4 Å². The summed E-state index contributed by atoms with van der Waals surface area (Å²) in [6.45, 7) is 1.94. The van der Waals surface area contributed by atoms with E-state index < -0.39 is 15.9 Å². The van der Waals surface area contributed by atoms with Crippen molar-refractivity contribution < 1.29 is 17.6 Å². The van der Waals surface area contributed by atoms with Crippen LogP contribution in [0.5, 0.6) is 0 Å². The molecule has 0 bridgehead atoms. The number of pyridine rings is 1. The number of furan rings is 1. The summed E-state index contributed by atoms with van der Waals surface area (Å²) < 4.78 is 32.6.